The van der Waals surface area contributed by atoms with Gasteiger partial charge in [-0.15, -0.1) is 11.3 Å². The summed E-state index contributed by atoms with van der Waals surface area (Å²) in [6, 6.07) is 8.36. The SMILES string of the molecule is NCc1ccc(N(Cc2cccs2)C2CC2)c(F)c1Br. The predicted molar refractivity (Wildman–Crippen MR) is 85.5 cm³/mol. The molecule has 1 heterocycles. The van der Waals surface area contributed by atoms with Gasteiger partial charge in [-0.25, -0.2) is 4.39 Å². The molecule has 1 aliphatic carbocycles. The number of halogens is 2. The van der Waals surface area contributed by atoms with E-state index in [-0.39, 0.29) is 5.82 Å². The molecule has 0 radical (unpaired) electrons. The Labute approximate surface area is 130 Å². The van der Waals surface area contributed by atoms with Gasteiger partial charge in [-0.1, -0.05) is 12.1 Å². The fourth-order valence-corrected chi connectivity index (χ4v) is 3.53. The second-order valence-electron chi connectivity index (χ2n) is 5.01. The van der Waals surface area contributed by atoms with Crippen molar-refractivity contribution in [1.82, 2.24) is 0 Å². The third-order valence-corrected chi connectivity index (χ3v) is 5.28. The Bertz CT molecular complexity index is 596. The summed E-state index contributed by atoms with van der Waals surface area (Å²) in [6.07, 6.45) is 2.28. The molecule has 2 N–H and O–H groups in total. The van der Waals surface area contributed by atoms with Crippen LogP contribution < -0.4 is 10.6 Å². The van der Waals surface area contributed by atoms with Gasteiger partial charge < -0.3 is 10.6 Å². The highest BCUT2D eigenvalue weighted by Gasteiger charge is 2.31. The second-order valence-corrected chi connectivity index (χ2v) is 6.84. The molecule has 0 unspecified atom stereocenters. The first-order valence-electron chi connectivity index (χ1n) is 6.66. The first-order valence-corrected chi connectivity index (χ1v) is 8.34. The zero-order valence-corrected chi connectivity index (χ0v) is 13.4. The predicted octanol–water partition coefficient (Wildman–Crippen LogP) is 4.28. The van der Waals surface area contributed by atoms with Gasteiger partial charge in [0, 0.05) is 17.5 Å². The topological polar surface area (TPSA) is 29.3 Å². The zero-order chi connectivity index (χ0) is 14.1. The molecule has 5 heteroatoms. The Hall–Kier alpha value is -0.910. The number of nitrogens with zero attached hydrogens (tertiary/aromatic N) is 1. The summed E-state index contributed by atoms with van der Waals surface area (Å²) in [5.74, 6) is -0.198. The van der Waals surface area contributed by atoms with Gasteiger partial charge in [0.2, 0.25) is 0 Å². The summed E-state index contributed by atoms with van der Waals surface area (Å²) >= 11 is 5.04. The summed E-state index contributed by atoms with van der Waals surface area (Å²) < 4.78 is 15.1. The Morgan fingerprint density at radius 2 is 2.15 bits per heavy atom. The van der Waals surface area contributed by atoms with Crippen molar-refractivity contribution in [1.29, 1.82) is 0 Å². The van der Waals surface area contributed by atoms with Crippen LogP contribution in [0.15, 0.2) is 34.1 Å². The Balaban J connectivity index is 1.93. The number of benzene rings is 1. The van der Waals surface area contributed by atoms with Crippen molar-refractivity contribution in [2.24, 2.45) is 5.73 Å². The number of rotatable bonds is 5. The summed E-state index contributed by atoms with van der Waals surface area (Å²) in [4.78, 5) is 3.43. The van der Waals surface area contributed by atoms with Gasteiger partial charge in [-0.3, -0.25) is 0 Å². The zero-order valence-electron chi connectivity index (χ0n) is 11.0. The maximum Gasteiger partial charge on any atom is 0.160 e. The minimum absolute atomic E-state index is 0.198. The van der Waals surface area contributed by atoms with E-state index >= 15 is 0 Å². The van der Waals surface area contributed by atoms with Gasteiger partial charge >= 0.3 is 0 Å². The van der Waals surface area contributed by atoms with Crippen LogP contribution in [0.25, 0.3) is 0 Å². The average Bonchev–Trinajstić information content (AvgIpc) is 3.17. The summed E-state index contributed by atoms with van der Waals surface area (Å²) in [6.45, 7) is 1.11. The Kier molecular flexibility index (Phi) is 4.10. The lowest BCUT2D eigenvalue weighted by Gasteiger charge is -2.25. The van der Waals surface area contributed by atoms with Crippen LogP contribution in [-0.2, 0) is 13.1 Å². The molecule has 0 amide bonds. The first kappa shape index (κ1) is 14.0. The number of anilines is 1. The maximum absolute atomic E-state index is 14.6. The minimum Gasteiger partial charge on any atom is -0.361 e. The number of hydrogen-bond donors (Lipinski definition) is 1. The Morgan fingerprint density at radius 3 is 2.75 bits per heavy atom. The van der Waals surface area contributed by atoms with Crippen LogP contribution in [0.5, 0.6) is 0 Å². The largest absolute Gasteiger partial charge is 0.361 e. The molecule has 2 nitrogen and oxygen atoms in total. The quantitative estimate of drug-likeness (QED) is 0.868. The third kappa shape index (κ3) is 2.75. The average molecular weight is 355 g/mol. The van der Waals surface area contributed by atoms with E-state index in [4.69, 9.17) is 5.73 Å². The molecule has 1 aromatic heterocycles. The van der Waals surface area contributed by atoms with Crippen LogP contribution in [-0.4, -0.2) is 6.04 Å². The smallest absolute Gasteiger partial charge is 0.160 e. The summed E-state index contributed by atoms with van der Waals surface area (Å²) in [7, 11) is 0. The van der Waals surface area contributed by atoms with Crippen molar-refractivity contribution in [3.05, 3.63) is 50.4 Å². The fraction of sp³-hybridized carbons (Fsp3) is 0.333. The molecule has 1 aromatic carbocycles. The molecule has 20 heavy (non-hydrogen) atoms. The molecule has 0 spiro atoms. The minimum atomic E-state index is -0.198. The maximum atomic E-state index is 14.6. The molecule has 0 atom stereocenters. The second kappa shape index (κ2) is 5.84. The molecule has 1 fully saturated rings. The van der Waals surface area contributed by atoms with Gasteiger partial charge in [0.1, 0.15) is 0 Å². The monoisotopic (exact) mass is 354 g/mol. The van der Waals surface area contributed by atoms with Crippen LogP contribution in [0.4, 0.5) is 10.1 Å². The first-order chi connectivity index (χ1) is 9.70. The molecular formula is C15H16BrFN2S. The standard InChI is InChI=1S/C15H16BrFN2S/c16-14-10(8-18)3-6-13(15(14)17)19(11-4-5-11)9-12-2-1-7-20-12/h1-3,6-7,11H,4-5,8-9,18H2. The van der Waals surface area contributed by atoms with E-state index in [0.29, 0.717) is 22.7 Å². The van der Waals surface area contributed by atoms with Gasteiger partial charge in [-0.2, -0.15) is 0 Å². The normalized spacial score (nSPS) is 14.6. The molecule has 1 aliphatic rings. The van der Waals surface area contributed by atoms with E-state index in [1.54, 1.807) is 11.3 Å². The molecule has 0 bridgehead atoms. The molecule has 0 aliphatic heterocycles. The summed E-state index contributed by atoms with van der Waals surface area (Å²) in [5, 5.41) is 2.06. The van der Waals surface area contributed by atoms with Gasteiger partial charge in [0.25, 0.3) is 0 Å². The number of nitrogens with two attached hydrogens (primary N) is 1. The lowest BCUT2D eigenvalue weighted by molar-refractivity contribution is 0.606. The molecule has 1 saturated carbocycles. The lowest BCUT2D eigenvalue weighted by Crippen LogP contribution is -2.25. The molecule has 106 valence electrons. The highest BCUT2D eigenvalue weighted by Crippen LogP contribution is 2.37. The van der Waals surface area contributed by atoms with Crippen molar-refractivity contribution >= 4 is 33.0 Å². The summed E-state index contributed by atoms with van der Waals surface area (Å²) in [5.41, 5.74) is 7.09. The van der Waals surface area contributed by atoms with Crippen molar-refractivity contribution in [3.8, 4) is 0 Å². The van der Waals surface area contributed by atoms with Gasteiger partial charge in [0.05, 0.1) is 16.7 Å². The third-order valence-electron chi connectivity index (χ3n) is 3.57. The van der Waals surface area contributed by atoms with E-state index in [0.717, 1.165) is 24.9 Å². The molecular weight excluding hydrogens is 339 g/mol. The fourth-order valence-electron chi connectivity index (χ4n) is 2.33. The van der Waals surface area contributed by atoms with Crippen molar-refractivity contribution in [3.63, 3.8) is 0 Å². The van der Waals surface area contributed by atoms with Crippen LogP contribution in [0.3, 0.4) is 0 Å². The van der Waals surface area contributed by atoms with Crippen LogP contribution in [0.1, 0.15) is 23.3 Å². The molecule has 3 rings (SSSR count). The van der Waals surface area contributed by atoms with E-state index in [1.807, 2.05) is 18.2 Å². The number of hydrogen-bond acceptors (Lipinski definition) is 3. The van der Waals surface area contributed by atoms with Crippen LogP contribution >= 0.6 is 27.3 Å². The Morgan fingerprint density at radius 1 is 1.35 bits per heavy atom. The van der Waals surface area contributed by atoms with Crippen molar-refractivity contribution < 1.29 is 4.39 Å². The molecule has 0 saturated heterocycles. The van der Waals surface area contributed by atoms with E-state index < -0.39 is 0 Å². The van der Waals surface area contributed by atoms with E-state index in [2.05, 4.69) is 32.3 Å². The van der Waals surface area contributed by atoms with Crippen molar-refractivity contribution in [2.45, 2.75) is 32.0 Å². The van der Waals surface area contributed by atoms with Crippen LogP contribution in [0, 0.1) is 5.82 Å². The van der Waals surface area contributed by atoms with Gasteiger partial charge in [0.15, 0.2) is 5.82 Å². The van der Waals surface area contributed by atoms with Crippen molar-refractivity contribution in [2.75, 3.05) is 4.90 Å². The number of thiophene rings is 1. The van der Waals surface area contributed by atoms with Gasteiger partial charge in [-0.05, 0) is 51.8 Å². The highest BCUT2D eigenvalue weighted by atomic mass is 79.9. The molecule has 2 aromatic rings. The van der Waals surface area contributed by atoms with Crippen LogP contribution in [0.2, 0.25) is 0 Å². The van der Waals surface area contributed by atoms with E-state index in [1.165, 1.54) is 4.88 Å². The lowest BCUT2D eigenvalue weighted by atomic mass is 10.1. The highest BCUT2D eigenvalue weighted by molar-refractivity contribution is 9.10. The van der Waals surface area contributed by atoms with E-state index in [9.17, 15) is 4.39 Å².